The van der Waals surface area contributed by atoms with Crippen molar-refractivity contribution in [3.05, 3.63) is 144 Å². The molecule has 63 heavy (non-hydrogen) atoms. The van der Waals surface area contributed by atoms with Crippen molar-refractivity contribution in [2.75, 3.05) is 31.5 Å². The quantitative estimate of drug-likeness (QED) is 0.133. The fourth-order valence-electron chi connectivity index (χ4n) is 8.35. The highest BCUT2D eigenvalue weighted by molar-refractivity contribution is 6.01. The van der Waals surface area contributed by atoms with Crippen molar-refractivity contribution < 1.29 is 19.1 Å². The van der Waals surface area contributed by atoms with Gasteiger partial charge in [-0.25, -0.2) is 28.9 Å². The molecule has 2 fully saturated rings. The predicted molar refractivity (Wildman–Crippen MR) is 248 cm³/mol. The molecule has 0 unspecified atom stereocenters. The Bertz CT molecular complexity index is 2920. The first kappa shape index (κ1) is 41.0. The number of hydrogen-bond acceptors (Lipinski definition) is 10. The number of aryl methyl sites for hydroxylation is 2. The zero-order valence-electron chi connectivity index (χ0n) is 36.2. The number of nitrogens with one attached hydrogen (secondary N) is 1. The molecule has 0 radical (unpaired) electrons. The third-order valence-corrected chi connectivity index (χ3v) is 12.3. The summed E-state index contributed by atoms with van der Waals surface area (Å²) in [6, 6.07) is 41.3. The number of esters is 2. The number of benzene rings is 4. The van der Waals surface area contributed by atoms with E-state index >= 15 is 0 Å². The molecular weight excluding hydrogens is 789 g/mol. The zero-order valence-corrected chi connectivity index (χ0v) is 36.2. The van der Waals surface area contributed by atoms with Crippen LogP contribution in [0.1, 0.15) is 70.9 Å². The Morgan fingerprint density at radius 2 is 1.06 bits per heavy atom. The average molecular weight is 839 g/mol. The van der Waals surface area contributed by atoms with Gasteiger partial charge >= 0.3 is 11.9 Å². The number of nitrogens with zero attached hydrogens (tertiary/aromatic N) is 7. The standard InChI is InChI=1S/C26H26N4O2.C25H24N4O2/c1-17-24-22(18-12-14-20(15-13-18)29(2)19-10-7-11-19)16-23(26(31)32-3)27-25(24)30(28-17)21-8-5-4-6-9-21;1-16-23-21(17-11-13-19(14-12-17)26-18-7-6-8-18)15-22(25(30)31-2)27-24(23)29(28-16)20-9-4-3-5-10-20/h4-6,8-9,12-16,19H,7,10-11H2,1-3H3;3-5,9-15,18,26H,6-8H2,1-2H3. The van der Waals surface area contributed by atoms with E-state index in [0.717, 1.165) is 61.5 Å². The van der Waals surface area contributed by atoms with Gasteiger partial charge in [0, 0.05) is 30.5 Å². The van der Waals surface area contributed by atoms with Gasteiger partial charge in [0.05, 0.1) is 47.8 Å². The number of carbonyl (C=O) groups is 2. The second-order valence-corrected chi connectivity index (χ2v) is 16.2. The molecule has 0 spiro atoms. The zero-order chi connectivity index (χ0) is 43.6. The number of anilines is 2. The molecule has 0 bridgehead atoms. The lowest BCUT2D eigenvalue weighted by Gasteiger charge is -2.36. The summed E-state index contributed by atoms with van der Waals surface area (Å²) in [6.07, 6.45) is 7.57. The monoisotopic (exact) mass is 838 g/mol. The highest BCUT2D eigenvalue weighted by Gasteiger charge is 2.25. The van der Waals surface area contributed by atoms with Crippen molar-refractivity contribution in [1.82, 2.24) is 29.5 Å². The predicted octanol–water partition coefficient (Wildman–Crippen LogP) is 10.3. The molecule has 12 nitrogen and oxygen atoms in total. The van der Waals surface area contributed by atoms with E-state index < -0.39 is 11.9 Å². The molecule has 2 aliphatic rings. The molecule has 0 saturated heterocycles. The van der Waals surface area contributed by atoms with Gasteiger partial charge in [0.2, 0.25) is 0 Å². The molecule has 0 amide bonds. The maximum atomic E-state index is 12.4. The number of hydrogen-bond donors (Lipinski definition) is 1. The van der Waals surface area contributed by atoms with Gasteiger partial charge in [0.25, 0.3) is 0 Å². The minimum atomic E-state index is -0.468. The van der Waals surface area contributed by atoms with Crippen molar-refractivity contribution >= 4 is 45.4 Å². The molecule has 8 aromatic rings. The first-order valence-electron chi connectivity index (χ1n) is 21.5. The van der Waals surface area contributed by atoms with Crippen LogP contribution in [0.3, 0.4) is 0 Å². The Morgan fingerprint density at radius 1 is 0.619 bits per heavy atom. The van der Waals surface area contributed by atoms with Gasteiger partial charge in [0.1, 0.15) is 0 Å². The van der Waals surface area contributed by atoms with Crippen LogP contribution in [0.15, 0.2) is 121 Å². The lowest BCUT2D eigenvalue weighted by Crippen LogP contribution is -2.36. The number of fused-ring (bicyclic) bond motifs is 2. The third kappa shape index (κ3) is 8.12. The van der Waals surface area contributed by atoms with Gasteiger partial charge in [0.15, 0.2) is 22.7 Å². The van der Waals surface area contributed by atoms with Crippen LogP contribution in [-0.2, 0) is 9.47 Å². The minimum absolute atomic E-state index is 0.263. The number of pyridine rings is 2. The SMILES string of the molecule is COC(=O)c1cc(-c2ccc(N(C)C3CCC3)cc2)c2c(C)nn(-c3ccccc3)c2n1.COC(=O)c1cc(-c2ccc(NC3CCC3)cc2)c2c(C)nn(-c3ccccc3)c2n1. The summed E-state index contributed by atoms with van der Waals surface area (Å²) in [5, 5.41) is 14.9. The van der Waals surface area contributed by atoms with Gasteiger partial charge in [-0.1, -0.05) is 60.7 Å². The maximum absolute atomic E-state index is 12.4. The normalized spacial score (nSPS) is 13.7. The van der Waals surface area contributed by atoms with E-state index in [4.69, 9.17) is 19.7 Å². The highest BCUT2D eigenvalue weighted by atomic mass is 16.5. The molecule has 0 aliphatic heterocycles. The third-order valence-electron chi connectivity index (χ3n) is 12.3. The summed E-state index contributed by atoms with van der Waals surface area (Å²) in [5.74, 6) is -0.933. The van der Waals surface area contributed by atoms with Crippen molar-refractivity contribution in [3.8, 4) is 33.6 Å². The smallest absolute Gasteiger partial charge is 0.356 e. The van der Waals surface area contributed by atoms with Crippen molar-refractivity contribution in [2.24, 2.45) is 0 Å². The summed E-state index contributed by atoms with van der Waals surface area (Å²) < 4.78 is 13.5. The fraction of sp³-hybridized carbons (Fsp3) is 0.255. The summed E-state index contributed by atoms with van der Waals surface area (Å²) in [5.41, 5.74) is 11.5. The highest BCUT2D eigenvalue weighted by Crippen LogP contribution is 2.36. The van der Waals surface area contributed by atoms with Crippen molar-refractivity contribution in [1.29, 1.82) is 0 Å². The number of carbonyl (C=O) groups excluding carboxylic acids is 2. The molecule has 4 aromatic carbocycles. The second kappa shape index (κ2) is 17.6. The van der Waals surface area contributed by atoms with E-state index in [1.54, 1.807) is 15.4 Å². The number of methoxy groups -OCH3 is 2. The first-order chi connectivity index (χ1) is 30.7. The Labute approximate surface area is 366 Å². The van der Waals surface area contributed by atoms with Crippen LogP contribution >= 0.6 is 0 Å². The van der Waals surface area contributed by atoms with Gasteiger partial charge in [-0.15, -0.1) is 0 Å². The van der Waals surface area contributed by atoms with Gasteiger partial charge < -0.3 is 19.7 Å². The van der Waals surface area contributed by atoms with Crippen LogP contribution in [0, 0.1) is 13.8 Å². The molecule has 4 heterocycles. The van der Waals surface area contributed by atoms with Crippen LogP contribution in [0.5, 0.6) is 0 Å². The Balaban J connectivity index is 0.000000160. The summed E-state index contributed by atoms with van der Waals surface area (Å²) in [6.45, 7) is 3.95. The van der Waals surface area contributed by atoms with Crippen molar-refractivity contribution in [3.63, 3.8) is 0 Å². The Hall–Kier alpha value is -7.34. The van der Waals surface area contributed by atoms with Crippen LogP contribution in [0.4, 0.5) is 11.4 Å². The fourth-order valence-corrected chi connectivity index (χ4v) is 8.35. The second-order valence-electron chi connectivity index (χ2n) is 16.2. The summed E-state index contributed by atoms with van der Waals surface area (Å²) in [4.78, 5) is 36.4. The number of aromatic nitrogens is 6. The average Bonchev–Trinajstić information content (AvgIpc) is 3.82. The number of para-hydroxylation sites is 2. The summed E-state index contributed by atoms with van der Waals surface area (Å²) in [7, 11) is 4.90. The van der Waals surface area contributed by atoms with Crippen LogP contribution in [-0.4, -0.2) is 74.8 Å². The van der Waals surface area contributed by atoms with Gasteiger partial charge in [-0.05, 0) is 135 Å². The number of rotatable bonds is 10. The van der Waals surface area contributed by atoms with E-state index in [1.165, 1.54) is 58.4 Å². The number of ether oxygens (including phenoxy) is 2. The lowest BCUT2D eigenvalue weighted by atomic mass is 9.91. The van der Waals surface area contributed by atoms with Crippen LogP contribution in [0.25, 0.3) is 55.7 Å². The molecule has 318 valence electrons. The topological polar surface area (TPSA) is 129 Å². The molecule has 1 N–H and O–H groups in total. The molecule has 4 aromatic heterocycles. The molecule has 10 rings (SSSR count). The Kier molecular flexibility index (Phi) is 11.4. The molecule has 2 aliphatic carbocycles. The molecule has 2 saturated carbocycles. The van der Waals surface area contributed by atoms with E-state index in [2.05, 4.69) is 75.8 Å². The van der Waals surface area contributed by atoms with Gasteiger partial charge in [-0.2, -0.15) is 10.2 Å². The molecule has 0 atom stereocenters. The molecular formula is C51H50N8O4. The van der Waals surface area contributed by atoms with E-state index in [1.807, 2.05) is 80.6 Å². The summed E-state index contributed by atoms with van der Waals surface area (Å²) >= 11 is 0. The van der Waals surface area contributed by atoms with Gasteiger partial charge in [-0.3, -0.25) is 0 Å². The van der Waals surface area contributed by atoms with Crippen LogP contribution in [0.2, 0.25) is 0 Å². The van der Waals surface area contributed by atoms with E-state index in [0.29, 0.717) is 23.4 Å². The Morgan fingerprint density at radius 3 is 1.46 bits per heavy atom. The lowest BCUT2D eigenvalue weighted by molar-refractivity contribution is 0.0586. The maximum Gasteiger partial charge on any atom is 0.356 e. The largest absolute Gasteiger partial charge is 0.464 e. The van der Waals surface area contributed by atoms with E-state index in [9.17, 15) is 9.59 Å². The van der Waals surface area contributed by atoms with Crippen molar-refractivity contribution in [2.45, 2.75) is 64.5 Å². The first-order valence-corrected chi connectivity index (χ1v) is 21.5. The molecule has 12 heteroatoms. The minimum Gasteiger partial charge on any atom is -0.464 e. The van der Waals surface area contributed by atoms with Crippen LogP contribution < -0.4 is 10.2 Å². The van der Waals surface area contributed by atoms with E-state index in [-0.39, 0.29) is 11.4 Å².